The van der Waals surface area contributed by atoms with Crippen molar-refractivity contribution in [1.82, 2.24) is 34.3 Å². The number of nitrogens with zero attached hydrogens (tertiary/aromatic N) is 7. The van der Waals surface area contributed by atoms with Crippen LogP contribution >= 0.6 is 0 Å². The summed E-state index contributed by atoms with van der Waals surface area (Å²) >= 11 is 0. The van der Waals surface area contributed by atoms with Crippen LogP contribution in [0.1, 0.15) is 0 Å². The van der Waals surface area contributed by atoms with Gasteiger partial charge in [-0.3, -0.25) is 4.57 Å². The molecule has 9 rings (SSSR count). The van der Waals surface area contributed by atoms with Gasteiger partial charge in [-0.25, -0.2) is 4.98 Å². The largest absolute Gasteiger partial charge is 0.306 e. The molecule has 0 fully saturated rings. The van der Waals surface area contributed by atoms with Crippen molar-refractivity contribution < 1.29 is 0 Å². The number of aromatic nitrogens is 7. The van der Waals surface area contributed by atoms with E-state index in [1.807, 2.05) is 84.9 Å². The minimum Gasteiger partial charge on any atom is -0.306 e. The Balaban J connectivity index is 1.48. The van der Waals surface area contributed by atoms with Crippen LogP contribution in [0, 0.1) is 0 Å². The highest BCUT2D eigenvalue weighted by molar-refractivity contribution is 6.20. The number of benzene rings is 5. The third-order valence-corrected chi connectivity index (χ3v) is 8.07. The maximum Gasteiger partial charge on any atom is 0.238 e. The van der Waals surface area contributed by atoms with Crippen LogP contribution in [0.3, 0.4) is 0 Å². The maximum absolute atomic E-state index is 5.12. The lowest BCUT2D eigenvalue weighted by molar-refractivity contribution is 0.951. The van der Waals surface area contributed by atoms with Crippen molar-refractivity contribution in [3.63, 3.8) is 0 Å². The van der Waals surface area contributed by atoms with E-state index in [1.54, 1.807) is 0 Å². The molecule has 0 spiro atoms. The number of para-hydroxylation sites is 3. The van der Waals surface area contributed by atoms with Crippen molar-refractivity contribution in [3.05, 3.63) is 140 Å². The van der Waals surface area contributed by atoms with Gasteiger partial charge in [0, 0.05) is 27.6 Å². The molecule has 0 N–H and O–H groups in total. The Bertz CT molecular complexity index is 2420. The van der Waals surface area contributed by atoms with Crippen LogP contribution in [0.25, 0.3) is 78.3 Å². The van der Waals surface area contributed by atoms with Gasteiger partial charge in [-0.05, 0) is 24.3 Å². The predicted molar refractivity (Wildman–Crippen MR) is 175 cm³/mol. The molecule has 9 aromatic rings. The lowest BCUT2D eigenvalue weighted by Crippen LogP contribution is -2.07. The van der Waals surface area contributed by atoms with Gasteiger partial charge in [0.1, 0.15) is 22.1 Å². The van der Waals surface area contributed by atoms with E-state index in [1.165, 1.54) is 0 Å². The Kier molecular flexibility index (Phi) is 5.36. The zero-order chi connectivity index (χ0) is 29.0. The van der Waals surface area contributed by atoms with Gasteiger partial charge in [0.15, 0.2) is 11.6 Å². The van der Waals surface area contributed by atoms with Crippen LogP contribution in [0.4, 0.5) is 0 Å². The van der Waals surface area contributed by atoms with Crippen molar-refractivity contribution >= 4 is 43.9 Å². The van der Waals surface area contributed by atoms with Crippen molar-refractivity contribution in [1.29, 1.82) is 0 Å². The second kappa shape index (κ2) is 9.68. The first kappa shape index (κ1) is 24.4. The Morgan fingerprint density at radius 2 is 0.818 bits per heavy atom. The molecule has 0 unspecified atom stereocenters. The number of fused-ring (bicyclic) bond motifs is 7. The lowest BCUT2D eigenvalue weighted by atomic mass is 10.2. The van der Waals surface area contributed by atoms with Gasteiger partial charge in [-0.15, -0.1) is 10.2 Å². The molecule has 0 aliphatic heterocycles. The Morgan fingerprint density at radius 1 is 0.386 bits per heavy atom. The smallest absolute Gasteiger partial charge is 0.238 e. The molecule has 5 aromatic carbocycles. The van der Waals surface area contributed by atoms with E-state index in [9.17, 15) is 0 Å². The van der Waals surface area contributed by atoms with Crippen LogP contribution in [0.5, 0.6) is 0 Å². The molecule has 206 valence electrons. The summed E-state index contributed by atoms with van der Waals surface area (Å²) in [6, 6.07) is 47.1. The molecule has 0 amide bonds. The van der Waals surface area contributed by atoms with Crippen molar-refractivity contribution in [2.45, 2.75) is 0 Å². The molecule has 7 nitrogen and oxygen atoms in total. The predicted octanol–water partition coefficient (Wildman–Crippen LogP) is 8.19. The molecule has 4 aromatic heterocycles. The molecule has 0 saturated carbocycles. The van der Waals surface area contributed by atoms with E-state index in [2.05, 4.69) is 63.7 Å². The van der Waals surface area contributed by atoms with Gasteiger partial charge in [0.2, 0.25) is 5.95 Å². The quantitative estimate of drug-likeness (QED) is 0.215. The summed E-state index contributed by atoms with van der Waals surface area (Å²) in [4.78, 5) is 15.2. The summed E-state index contributed by atoms with van der Waals surface area (Å²) in [6.45, 7) is 0. The van der Waals surface area contributed by atoms with Gasteiger partial charge in [-0.1, -0.05) is 115 Å². The molecule has 7 heteroatoms. The zero-order valence-corrected chi connectivity index (χ0v) is 23.4. The van der Waals surface area contributed by atoms with Gasteiger partial charge >= 0.3 is 0 Å². The molecule has 0 aliphatic rings. The summed E-state index contributed by atoms with van der Waals surface area (Å²) in [6.07, 6.45) is 0. The molecule has 0 bridgehead atoms. The maximum atomic E-state index is 5.12. The van der Waals surface area contributed by atoms with Crippen LogP contribution < -0.4 is 0 Å². The monoisotopic (exact) mass is 565 g/mol. The Morgan fingerprint density at radius 3 is 1.36 bits per heavy atom. The van der Waals surface area contributed by atoms with E-state index in [-0.39, 0.29) is 0 Å². The van der Waals surface area contributed by atoms with Gasteiger partial charge < -0.3 is 4.57 Å². The minimum absolute atomic E-state index is 0.517. The second-order valence-electron chi connectivity index (χ2n) is 10.6. The summed E-state index contributed by atoms with van der Waals surface area (Å²) in [5.74, 6) is 1.72. The van der Waals surface area contributed by atoms with Gasteiger partial charge in [-0.2, -0.15) is 9.97 Å². The Hall–Kier alpha value is -6.21. The summed E-state index contributed by atoms with van der Waals surface area (Å²) in [5.41, 5.74) is 8.31. The molecule has 44 heavy (non-hydrogen) atoms. The van der Waals surface area contributed by atoms with Crippen LogP contribution in [-0.2, 0) is 0 Å². The normalized spacial score (nSPS) is 11.6. The first-order valence-electron chi connectivity index (χ1n) is 14.5. The highest BCUT2D eigenvalue weighted by Crippen LogP contribution is 2.39. The lowest BCUT2D eigenvalue weighted by Gasteiger charge is -2.12. The van der Waals surface area contributed by atoms with Crippen LogP contribution in [0.2, 0.25) is 0 Å². The minimum atomic E-state index is 0.517. The highest BCUT2D eigenvalue weighted by Gasteiger charge is 2.24. The fourth-order valence-corrected chi connectivity index (χ4v) is 6.13. The summed E-state index contributed by atoms with van der Waals surface area (Å²) < 4.78 is 4.40. The zero-order valence-electron chi connectivity index (χ0n) is 23.4. The Labute approximate surface area is 251 Å². The van der Waals surface area contributed by atoms with Crippen LogP contribution in [-0.4, -0.2) is 34.3 Å². The van der Waals surface area contributed by atoms with Crippen LogP contribution in [0.15, 0.2) is 140 Å². The first-order chi connectivity index (χ1) is 21.8. The number of hydrogen-bond donors (Lipinski definition) is 0. The van der Waals surface area contributed by atoms with Gasteiger partial charge in [0.05, 0.1) is 11.0 Å². The van der Waals surface area contributed by atoms with E-state index in [0.717, 1.165) is 60.7 Å². The third-order valence-electron chi connectivity index (χ3n) is 8.07. The van der Waals surface area contributed by atoms with E-state index >= 15 is 0 Å². The number of hydrogen-bond acceptors (Lipinski definition) is 5. The van der Waals surface area contributed by atoms with Gasteiger partial charge in [0.25, 0.3) is 0 Å². The van der Waals surface area contributed by atoms with E-state index < -0.39 is 0 Å². The molecular formula is C37H23N7. The number of rotatable bonds is 4. The molecule has 0 saturated heterocycles. The molecule has 0 radical (unpaired) electrons. The van der Waals surface area contributed by atoms with E-state index in [0.29, 0.717) is 17.6 Å². The topological polar surface area (TPSA) is 74.3 Å². The second-order valence-corrected chi connectivity index (χ2v) is 10.6. The van der Waals surface area contributed by atoms with Crippen molar-refractivity contribution in [2.24, 2.45) is 0 Å². The standard InChI is InChI=1S/C37H23N7/c1-4-14-24(15-5-1)35-38-36(25-16-6-2-7-17-25)40-37(39-35)44-30-23-13-11-21-28(30)32-34(44)33-31(41-42-32)27-20-10-12-22-29(27)43(33)26-18-8-3-9-19-26/h1-23H. The third kappa shape index (κ3) is 3.66. The molecule has 0 atom stereocenters. The fourth-order valence-electron chi connectivity index (χ4n) is 6.13. The molecular weight excluding hydrogens is 542 g/mol. The summed E-state index contributed by atoms with van der Waals surface area (Å²) in [7, 11) is 0. The van der Waals surface area contributed by atoms with Crippen molar-refractivity contribution in [3.8, 4) is 34.4 Å². The average Bonchev–Trinajstić information content (AvgIpc) is 3.62. The average molecular weight is 566 g/mol. The first-order valence-corrected chi connectivity index (χ1v) is 14.5. The summed E-state index contributed by atoms with van der Waals surface area (Å²) in [5, 5.41) is 11.7. The fraction of sp³-hybridized carbons (Fsp3) is 0. The highest BCUT2D eigenvalue weighted by atomic mass is 15.2. The van der Waals surface area contributed by atoms with E-state index in [4.69, 9.17) is 25.1 Å². The molecule has 4 heterocycles. The molecule has 0 aliphatic carbocycles. The SMILES string of the molecule is c1ccc(-c2nc(-c3ccccc3)nc(-n3c4ccccc4c4nnc5c6ccccc6n(-c6ccccc6)c5c43)n2)cc1. The van der Waals surface area contributed by atoms with Crippen molar-refractivity contribution in [2.75, 3.05) is 0 Å².